The molecule has 2 N–H and O–H groups in total. The molecule has 1 aromatic rings. The van der Waals surface area contributed by atoms with Crippen LogP contribution in [0.25, 0.3) is 0 Å². The third-order valence-corrected chi connectivity index (χ3v) is 1.73. The zero-order valence-electron chi connectivity index (χ0n) is 7.24. The van der Waals surface area contributed by atoms with E-state index in [1.807, 2.05) is 24.3 Å². The maximum absolute atomic E-state index is 5.53. The van der Waals surface area contributed by atoms with Gasteiger partial charge in [-0.25, -0.2) is 0 Å². The fourth-order valence-electron chi connectivity index (χ4n) is 0.895. The Hall–Kier alpha value is -0.990. The molecule has 0 aliphatic carbocycles. The van der Waals surface area contributed by atoms with Crippen molar-refractivity contribution < 1.29 is 4.74 Å². The Morgan fingerprint density at radius 3 is 2.62 bits per heavy atom. The van der Waals surface area contributed by atoms with Gasteiger partial charge in [0, 0.05) is 11.2 Å². The van der Waals surface area contributed by atoms with Gasteiger partial charge >= 0.3 is 0 Å². The van der Waals surface area contributed by atoms with Crippen LogP contribution in [-0.4, -0.2) is 6.61 Å². The summed E-state index contributed by atoms with van der Waals surface area (Å²) in [7, 11) is 0. The fourth-order valence-corrected chi connectivity index (χ4v) is 0.968. The molecule has 2 nitrogen and oxygen atoms in total. The van der Waals surface area contributed by atoms with E-state index in [2.05, 4.69) is 0 Å². The molecule has 0 bridgehead atoms. The molecule has 0 unspecified atom stereocenters. The van der Waals surface area contributed by atoms with Crippen LogP contribution in [0.3, 0.4) is 0 Å². The maximum Gasteiger partial charge on any atom is 0.0721 e. The van der Waals surface area contributed by atoms with Gasteiger partial charge in [0.25, 0.3) is 0 Å². The predicted octanol–water partition coefficient (Wildman–Crippen LogP) is 2.54. The number of hydrogen-bond acceptors (Lipinski definition) is 2. The summed E-state index contributed by atoms with van der Waals surface area (Å²) in [4.78, 5) is 0. The average molecular weight is 198 g/mol. The zero-order chi connectivity index (χ0) is 9.52. The first kappa shape index (κ1) is 10.1. The second kappa shape index (κ2) is 5.62. The Morgan fingerprint density at radius 2 is 2.00 bits per heavy atom. The number of nitrogen functional groups attached to an aromatic ring is 1. The Bertz CT molecular complexity index is 269. The standard InChI is InChI=1S/C10H12ClNO/c11-6-1-7-13-8-9-2-4-10(12)5-3-9/h1-6H,7-8,12H2/b6-1+. The van der Waals surface area contributed by atoms with E-state index in [0.29, 0.717) is 13.2 Å². The van der Waals surface area contributed by atoms with Gasteiger partial charge in [0.05, 0.1) is 13.2 Å². The van der Waals surface area contributed by atoms with Crippen molar-refractivity contribution in [3.05, 3.63) is 41.4 Å². The molecule has 13 heavy (non-hydrogen) atoms. The van der Waals surface area contributed by atoms with Gasteiger partial charge in [-0.1, -0.05) is 23.7 Å². The van der Waals surface area contributed by atoms with Crippen molar-refractivity contribution >= 4 is 17.3 Å². The summed E-state index contributed by atoms with van der Waals surface area (Å²) in [5, 5.41) is 0. The lowest BCUT2D eigenvalue weighted by Crippen LogP contribution is -1.93. The number of benzene rings is 1. The Labute approximate surface area is 83.0 Å². The molecule has 0 saturated carbocycles. The molecule has 0 heterocycles. The second-order valence-electron chi connectivity index (χ2n) is 2.62. The molecule has 3 heteroatoms. The molecule has 0 saturated heterocycles. The largest absolute Gasteiger partial charge is 0.399 e. The van der Waals surface area contributed by atoms with Crippen LogP contribution in [0.15, 0.2) is 35.9 Å². The van der Waals surface area contributed by atoms with E-state index in [4.69, 9.17) is 22.1 Å². The van der Waals surface area contributed by atoms with Gasteiger partial charge in [-0.05, 0) is 23.8 Å². The van der Waals surface area contributed by atoms with E-state index in [0.717, 1.165) is 11.3 Å². The van der Waals surface area contributed by atoms with Crippen LogP contribution >= 0.6 is 11.6 Å². The lowest BCUT2D eigenvalue weighted by atomic mass is 10.2. The van der Waals surface area contributed by atoms with Crippen LogP contribution in [0.2, 0.25) is 0 Å². The van der Waals surface area contributed by atoms with Crippen molar-refractivity contribution in [2.24, 2.45) is 0 Å². The van der Waals surface area contributed by atoms with Crippen LogP contribution in [-0.2, 0) is 11.3 Å². The molecule has 0 atom stereocenters. The van der Waals surface area contributed by atoms with E-state index in [1.165, 1.54) is 5.54 Å². The highest BCUT2D eigenvalue weighted by atomic mass is 35.5. The van der Waals surface area contributed by atoms with Crippen molar-refractivity contribution in [1.29, 1.82) is 0 Å². The summed E-state index contributed by atoms with van der Waals surface area (Å²) < 4.78 is 5.29. The molecule has 0 aliphatic rings. The number of halogens is 1. The van der Waals surface area contributed by atoms with E-state index in [1.54, 1.807) is 6.08 Å². The smallest absolute Gasteiger partial charge is 0.0721 e. The van der Waals surface area contributed by atoms with E-state index >= 15 is 0 Å². The van der Waals surface area contributed by atoms with Crippen LogP contribution in [0.1, 0.15) is 5.56 Å². The maximum atomic E-state index is 5.53. The monoisotopic (exact) mass is 197 g/mol. The van der Waals surface area contributed by atoms with Crippen LogP contribution in [0.5, 0.6) is 0 Å². The molecule has 0 amide bonds. The van der Waals surface area contributed by atoms with E-state index in [9.17, 15) is 0 Å². The number of rotatable bonds is 4. The van der Waals surface area contributed by atoms with Gasteiger partial charge in [-0.15, -0.1) is 0 Å². The first-order valence-electron chi connectivity index (χ1n) is 4.00. The number of anilines is 1. The summed E-state index contributed by atoms with van der Waals surface area (Å²) in [6.45, 7) is 1.12. The van der Waals surface area contributed by atoms with E-state index in [-0.39, 0.29) is 0 Å². The molecule has 0 aliphatic heterocycles. The molecule has 0 spiro atoms. The third kappa shape index (κ3) is 3.97. The summed E-state index contributed by atoms with van der Waals surface area (Å²) >= 11 is 5.33. The summed E-state index contributed by atoms with van der Waals surface area (Å²) in [6, 6.07) is 7.60. The number of hydrogen-bond donors (Lipinski definition) is 1. The molecule has 0 fully saturated rings. The third-order valence-electron chi connectivity index (χ3n) is 1.55. The highest BCUT2D eigenvalue weighted by Crippen LogP contribution is 2.06. The molecule has 0 radical (unpaired) electrons. The highest BCUT2D eigenvalue weighted by molar-refractivity contribution is 6.25. The van der Waals surface area contributed by atoms with Gasteiger partial charge in [0.1, 0.15) is 0 Å². The fraction of sp³-hybridized carbons (Fsp3) is 0.200. The summed E-state index contributed by atoms with van der Waals surface area (Å²) in [6.07, 6.45) is 1.75. The molecule has 1 rings (SSSR count). The number of ether oxygens (including phenoxy) is 1. The molecule has 0 aromatic heterocycles. The highest BCUT2D eigenvalue weighted by Gasteiger charge is 1.90. The van der Waals surface area contributed by atoms with Crippen LogP contribution in [0.4, 0.5) is 5.69 Å². The van der Waals surface area contributed by atoms with Crippen LogP contribution < -0.4 is 5.73 Å². The molecule has 1 aromatic carbocycles. The lowest BCUT2D eigenvalue weighted by molar-refractivity contribution is 0.149. The zero-order valence-corrected chi connectivity index (χ0v) is 8.00. The van der Waals surface area contributed by atoms with Gasteiger partial charge in [0.15, 0.2) is 0 Å². The quantitative estimate of drug-likeness (QED) is 0.595. The second-order valence-corrected chi connectivity index (χ2v) is 2.87. The number of nitrogens with two attached hydrogens (primary N) is 1. The summed E-state index contributed by atoms with van der Waals surface area (Å²) in [5.74, 6) is 0. The minimum Gasteiger partial charge on any atom is -0.399 e. The minimum absolute atomic E-state index is 0.536. The normalized spacial score (nSPS) is 10.8. The molecular weight excluding hydrogens is 186 g/mol. The first-order valence-corrected chi connectivity index (χ1v) is 4.44. The van der Waals surface area contributed by atoms with Crippen LogP contribution in [0, 0.1) is 0 Å². The van der Waals surface area contributed by atoms with Crippen molar-refractivity contribution in [3.63, 3.8) is 0 Å². The van der Waals surface area contributed by atoms with Crippen molar-refractivity contribution in [3.8, 4) is 0 Å². The first-order chi connectivity index (χ1) is 6.33. The van der Waals surface area contributed by atoms with Gasteiger partial charge in [0.2, 0.25) is 0 Å². The lowest BCUT2D eigenvalue weighted by Gasteiger charge is -2.01. The average Bonchev–Trinajstić information content (AvgIpc) is 2.15. The minimum atomic E-state index is 0.536. The Morgan fingerprint density at radius 1 is 1.31 bits per heavy atom. The van der Waals surface area contributed by atoms with Gasteiger partial charge < -0.3 is 10.5 Å². The van der Waals surface area contributed by atoms with E-state index < -0.39 is 0 Å². The Balaban J connectivity index is 2.33. The molecular formula is C10H12ClNO. The van der Waals surface area contributed by atoms with Crippen molar-refractivity contribution in [1.82, 2.24) is 0 Å². The Kier molecular flexibility index (Phi) is 4.36. The SMILES string of the molecule is Nc1ccc(COC/C=C/Cl)cc1. The van der Waals surface area contributed by atoms with Gasteiger partial charge in [-0.2, -0.15) is 0 Å². The summed E-state index contributed by atoms with van der Waals surface area (Å²) in [5.41, 5.74) is 8.86. The molecule has 70 valence electrons. The van der Waals surface area contributed by atoms with Gasteiger partial charge in [-0.3, -0.25) is 0 Å². The predicted molar refractivity (Wildman–Crippen MR) is 55.5 cm³/mol. The van der Waals surface area contributed by atoms with Crippen molar-refractivity contribution in [2.45, 2.75) is 6.61 Å². The topological polar surface area (TPSA) is 35.2 Å². The van der Waals surface area contributed by atoms with Crippen molar-refractivity contribution in [2.75, 3.05) is 12.3 Å².